The van der Waals surface area contributed by atoms with Crippen LogP contribution in [0.25, 0.3) is 16.9 Å². The van der Waals surface area contributed by atoms with E-state index in [-0.39, 0.29) is 0 Å². The molecule has 3 aromatic rings. The number of aromatic nitrogens is 3. The lowest BCUT2D eigenvalue weighted by Gasteiger charge is -2.14. The summed E-state index contributed by atoms with van der Waals surface area (Å²) < 4.78 is 23.1. The summed E-state index contributed by atoms with van der Waals surface area (Å²) in [5.74, 6) is 2.43. The van der Waals surface area contributed by atoms with Crippen LogP contribution in [0.3, 0.4) is 0 Å². The fourth-order valence-corrected chi connectivity index (χ4v) is 2.55. The Bertz CT molecular complexity index is 859. The average molecular weight is 341 g/mol. The third-order valence-corrected chi connectivity index (χ3v) is 3.81. The van der Waals surface area contributed by atoms with Gasteiger partial charge in [0, 0.05) is 5.56 Å². The molecular formula is C18H19N3O4. The fourth-order valence-electron chi connectivity index (χ4n) is 2.55. The lowest BCUT2D eigenvalue weighted by Crippen LogP contribution is -1.97. The van der Waals surface area contributed by atoms with E-state index < -0.39 is 0 Å². The molecule has 130 valence electrons. The molecule has 0 N–H and O–H groups in total. The molecule has 0 unspecified atom stereocenters. The minimum Gasteiger partial charge on any atom is -0.497 e. The normalized spacial score (nSPS) is 10.4. The van der Waals surface area contributed by atoms with Gasteiger partial charge < -0.3 is 18.9 Å². The SMILES string of the molecule is COc1ccc(-n2cc(-c3ccc(OC)c(OC)c3OC)nn2)cc1. The Morgan fingerprint density at radius 2 is 1.48 bits per heavy atom. The molecule has 0 atom stereocenters. The van der Waals surface area contributed by atoms with Crippen LogP contribution < -0.4 is 18.9 Å². The van der Waals surface area contributed by atoms with Gasteiger partial charge in [-0.05, 0) is 36.4 Å². The van der Waals surface area contributed by atoms with Gasteiger partial charge in [0.25, 0.3) is 0 Å². The van der Waals surface area contributed by atoms with Crippen molar-refractivity contribution >= 4 is 0 Å². The van der Waals surface area contributed by atoms with Crippen molar-refractivity contribution in [3.8, 4) is 39.9 Å². The average Bonchev–Trinajstić information content (AvgIpc) is 3.16. The van der Waals surface area contributed by atoms with E-state index in [1.165, 1.54) is 0 Å². The maximum atomic E-state index is 5.51. The molecule has 0 aliphatic heterocycles. The molecule has 25 heavy (non-hydrogen) atoms. The Labute approximate surface area is 145 Å². The molecule has 0 radical (unpaired) electrons. The van der Waals surface area contributed by atoms with Crippen molar-refractivity contribution in [3.63, 3.8) is 0 Å². The molecule has 1 heterocycles. The van der Waals surface area contributed by atoms with Gasteiger partial charge in [0.2, 0.25) is 5.75 Å². The Morgan fingerprint density at radius 1 is 0.760 bits per heavy atom. The molecule has 2 aromatic carbocycles. The van der Waals surface area contributed by atoms with E-state index in [0.29, 0.717) is 22.9 Å². The Kier molecular flexibility index (Phi) is 4.74. The molecule has 3 rings (SSSR count). The minimum atomic E-state index is 0.515. The van der Waals surface area contributed by atoms with Crippen LogP contribution in [0.4, 0.5) is 0 Å². The van der Waals surface area contributed by atoms with Crippen molar-refractivity contribution in [3.05, 3.63) is 42.6 Å². The van der Waals surface area contributed by atoms with E-state index in [4.69, 9.17) is 18.9 Å². The van der Waals surface area contributed by atoms with Crippen LogP contribution in [0.1, 0.15) is 0 Å². The summed E-state index contributed by atoms with van der Waals surface area (Å²) in [4.78, 5) is 0. The molecule has 0 fully saturated rings. The number of benzene rings is 2. The van der Waals surface area contributed by atoms with E-state index in [1.54, 1.807) is 33.1 Å². The van der Waals surface area contributed by atoms with Crippen molar-refractivity contribution in [2.24, 2.45) is 0 Å². The fraction of sp³-hybridized carbons (Fsp3) is 0.222. The summed E-state index contributed by atoms with van der Waals surface area (Å²) >= 11 is 0. The van der Waals surface area contributed by atoms with Crippen molar-refractivity contribution in [2.45, 2.75) is 0 Å². The number of hydrogen-bond acceptors (Lipinski definition) is 6. The predicted octanol–water partition coefficient (Wildman–Crippen LogP) is 2.97. The van der Waals surface area contributed by atoms with Gasteiger partial charge in [-0.15, -0.1) is 5.10 Å². The number of nitrogens with zero attached hydrogens (tertiary/aromatic N) is 3. The maximum absolute atomic E-state index is 5.51. The van der Waals surface area contributed by atoms with Crippen molar-refractivity contribution in [1.82, 2.24) is 15.0 Å². The predicted molar refractivity (Wildman–Crippen MR) is 93.0 cm³/mol. The zero-order chi connectivity index (χ0) is 17.8. The molecule has 1 aromatic heterocycles. The largest absolute Gasteiger partial charge is 0.497 e. The topological polar surface area (TPSA) is 67.6 Å². The second-order valence-corrected chi connectivity index (χ2v) is 5.13. The first-order valence-corrected chi connectivity index (χ1v) is 7.58. The summed E-state index contributed by atoms with van der Waals surface area (Å²) in [6.45, 7) is 0. The quantitative estimate of drug-likeness (QED) is 0.687. The van der Waals surface area contributed by atoms with Crippen LogP contribution in [0, 0.1) is 0 Å². The van der Waals surface area contributed by atoms with Gasteiger partial charge in [-0.25, -0.2) is 4.68 Å². The van der Waals surface area contributed by atoms with Crippen LogP contribution in [0.2, 0.25) is 0 Å². The van der Waals surface area contributed by atoms with Gasteiger partial charge in [-0.1, -0.05) is 5.21 Å². The third-order valence-electron chi connectivity index (χ3n) is 3.81. The number of methoxy groups -OCH3 is 4. The molecule has 0 saturated carbocycles. The molecular weight excluding hydrogens is 322 g/mol. The monoisotopic (exact) mass is 341 g/mol. The highest BCUT2D eigenvalue weighted by Gasteiger charge is 2.19. The summed E-state index contributed by atoms with van der Waals surface area (Å²) in [7, 11) is 6.36. The van der Waals surface area contributed by atoms with Gasteiger partial charge in [0.1, 0.15) is 11.4 Å². The van der Waals surface area contributed by atoms with Crippen LogP contribution in [-0.2, 0) is 0 Å². The molecule has 0 spiro atoms. The van der Waals surface area contributed by atoms with Gasteiger partial charge in [-0.3, -0.25) is 0 Å². The lowest BCUT2D eigenvalue weighted by atomic mass is 10.1. The number of hydrogen-bond donors (Lipinski definition) is 0. The van der Waals surface area contributed by atoms with Crippen LogP contribution in [-0.4, -0.2) is 43.4 Å². The third kappa shape index (κ3) is 3.08. The highest BCUT2D eigenvalue weighted by Crippen LogP contribution is 2.43. The summed E-state index contributed by atoms with van der Waals surface area (Å²) in [5, 5.41) is 8.44. The molecule has 0 amide bonds. The minimum absolute atomic E-state index is 0.515. The first kappa shape index (κ1) is 16.6. The van der Waals surface area contributed by atoms with E-state index in [0.717, 1.165) is 17.0 Å². The highest BCUT2D eigenvalue weighted by atomic mass is 16.5. The van der Waals surface area contributed by atoms with Crippen molar-refractivity contribution in [1.29, 1.82) is 0 Å². The van der Waals surface area contributed by atoms with Gasteiger partial charge in [0.05, 0.1) is 40.3 Å². The molecule has 0 aliphatic carbocycles. The second-order valence-electron chi connectivity index (χ2n) is 5.13. The molecule has 0 aliphatic rings. The second kappa shape index (κ2) is 7.12. The number of rotatable bonds is 6. The first-order chi connectivity index (χ1) is 12.2. The summed E-state index contributed by atoms with van der Waals surface area (Å²) in [5.41, 5.74) is 2.30. The first-order valence-electron chi connectivity index (χ1n) is 7.58. The number of ether oxygens (including phenoxy) is 4. The Hall–Kier alpha value is -3.22. The maximum Gasteiger partial charge on any atom is 0.203 e. The van der Waals surface area contributed by atoms with Crippen LogP contribution in [0.15, 0.2) is 42.6 Å². The Balaban J connectivity index is 2.02. The molecule has 7 heteroatoms. The van der Waals surface area contributed by atoms with E-state index in [1.807, 2.05) is 42.6 Å². The summed E-state index contributed by atoms with van der Waals surface area (Å²) in [6.07, 6.45) is 1.82. The zero-order valence-electron chi connectivity index (χ0n) is 14.5. The summed E-state index contributed by atoms with van der Waals surface area (Å²) in [6, 6.07) is 11.2. The van der Waals surface area contributed by atoms with Gasteiger partial charge in [0.15, 0.2) is 11.5 Å². The highest BCUT2D eigenvalue weighted by molar-refractivity contribution is 5.73. The van der Waals surface area contributed by atoms with Gasteiger partial charge in [-0.2, -0.15) is 0 Å². The van der Waals surface area contributed by atoms with Gasteiger partial charge >= 0.3 is 0 Å². The lowest BCUT2D eigenvalue weighted by molar-refractivity contribution is 0.325. The Morgan fingerprint density at radius 3 is 2.08 bits per heavy atom. The van der Waals surface area contributed by atoms with E-state index in [9.17, 15) is 0 Å². The zero-order valence-corrected chi connectivity index (χ0v) is 14.5. The van der Waals surface area contributed by atoms with E-state index >= 15 is 0 Å². The smallest absolute Gasteiger partial charge is 0.203 e. The molecule has 0 saturated heterocycles. The molecule has 0 bridgehead atoms. The van der Waals surface area contributed by atoms with Crippen molar-refractivity contribution in [2.75, 3.05) is 28.4 Å². The standard InChI is InChI=1S/C18H19N3O4/c1-22-13-7-5-12(6-8-13)21-11-15(19-20-21)14-9-10-16(23-2)18(25-4)17(14)24-3/h5-11H,1-4H3. The van der Waals surface area contributed by atoms with Crippen LogP contribution in [0.5, 0.6) is 23.0 Å². The van der Waals surface area contributed by atoms with Crippen LogP contribution >= 0.6 is 0 Å². The van der Waals surface area contributed by atoms with Crippen molar-refractivity contribution < 1.29 is 18.9 Å². The molecule has 7 nitrogen and oxygen atoms in total. The van der Waals surface area contributed by atoms with E-state index in [2.05, 4.69) is 10.3 Å².